The number of likely N-dealkylation sites (tertiary alicyclic amines) is 1. The average Bonchev–Trinajstić information content (AvgIpc) is 2.21. The van der Waals surface area contributed by atoms with E-state index in [0.717, 1.165) is 45.2 Å². The van der Waals surface area contributed by atoms with E-state index in [1.165, 1.54) is 0 Å². The second-order valence-corrected chi connectivity index (χ2v) is 4.73. The van der Waals surface area contributed by atoms with E-state index in [4.69, 9.17) is 0 Å². The van der Waals surface area contributed by atoms with Gasteiger partial charge in [0.15, 0.2) is 0 Å². The molecule has 1 unspecified atom stereocenters. The quantitative estimate of drug-likeness (QED) is 0.761. The molecule has 1 saturated heterocycles. The van der Waals surface area contributed by atoms with Gasteiger partial charge in [-0.05, 0) is 45.3 Å². The average molecular weight is 213 g/mol. The van der Waals surface area contributed by atoms with Gasteiger partial charge in [0.2, 0.25) is 0 Å². The highest BCUT2D eigenvalue weighted by Gasteiger charge is 2.29. The van der Waals surface area contributed by atoms with Crippen molar-refractivity contribution in [1.29, 1.82) is 0 Å². The van der Waals surface area contributed by atoms with Crippen molar-refractivity contribution < 1.29 is 9.90 Å². The first-order chi connectivity index (χ1) is 7.15. The van der Waals surface area contributed by atoms with E-state index in [2.05, 4.69) is 18.9 Å². The van der Waals surface area contributed by atoms with Gasteiger partial charge in [-0.15, -0.1) is 0 Å². The summed E-state index contributed by atoms with van der Waals surface area (Å²) in [6.45, 7) is 4.23. The summed E-state index contributed by atoms with van der Waals surface area (Å²) in [5.41, 5.74) is 0. The maximum Gasteiger partial charge on any atom is 0.306 e. The van der Waals surface area contributed by atoms with Crippen molar-refractivity contribution in [3.8, 4) is 0 Å². The molecule has 15 heavy (non-hydrogen) atoms. The van der Waals surface area contributed by atoms with Crippen molar-refractivity contribution in [2.45, 2.75) is 39.0 Å². The van der Waals surface area contributed by atoms with Crippen LogP contribution in [-0.2, 0) is 4.79 Å². The summed E-state index contributed by atoms with van der Waals surface area (Å²) in [5.74, 6) is -0.276. The van der Waals surface area contributed by atoms with E-state index < -0.39 is 5.97 Å². The van der Waals surface area contributed by atoms with Gasteiger partial charge < -0.3 is 10.0 Å². The van der Waals surface area contributed by atoms with E-state index in [0.29, 0.717) is 5.92 Å². The molecule has 0 spiro atoms. The lowest BCUT2D eigenvalue weighted by Crippen LogP contribution is -2.35. The zero-order valence-corrected chi connectivity index (χ0v) is 9.91. The molecule has 0 radical (unpaired) electrons. The van der Waals surface area contributed by atoms with E-state index in [1.807, 2.05) is 0 Å². The highest BCUT2D eigenvalue weighted by Crippen LogP contribution is 2.28. The van der Waals surface area contributed by atoms with Crippen molar-refractivity contribution in [1.82, 2.24) is 4.90 Å². The number of carboxylic acids is 1. The molecule has 0 aromatic carbocycles. The van der Waals surface area contributed by atoms with Gasteiger partial charge in [-0.25, -0.2) is 0 Å². The van der Waals surface area contributed by atoms with Gasteiger partial charge in [-0.1, -0.05) is 19.8 Å². The highest BCUT2D eigenvalue weighted by molar-refractivity contribution is 5.70. The normalized spacial score (nSPS) is 21.5. The highest BCUT2D eigenvalue weighted by atomic mass is 16.4. The first-order valence-corrected chi connectivity index (χ1v) is 6.06. The molecule has 0 aliphatic carbocycles. The monoisotopic (exact) mass is 213 g/mol. The number of carbonyl (C=O) groups is 1. The molecule has 3 nitrogen and oxygen atoms in total. The van der Waals surface area contributed by atoms with Gasteiger partial charge in [0.1, 0.15) is 0 Å². The van der Waals surface area contributed by atoms with Crippen LogP contribution in [0.5, 0.6) is 0 Å². The van der Waals surface area contributed by atoms with Crippen LogP contribution >= 0.6 is 0 Å². The maximum absolute atomic E-state index is 11.2. The van der Waals surface area contributed by atoms with Crippen molar-refractivity contribution in [2.75, 3.05) is 20.1 Å². The molecule has 0 aromatic heterocycles. The van der Waals surface area contributed by atoms with Crippen LogP contribution in [0.25, 0.3) is 0 Å². The molecular formula is C12H23NO2. The van der Waals surface area contributed by atoms with Crippen LogP contribution in [-0.4, -0.2) is 36.1 Å². The van der Waals surface area contributed by atoms with Crippen LogP contribution in [0, 0.1) is 11.8 Å². The Bertz CT molecular complexity index is 198. The first-order valence-electron chi connectivity index (χ1n) is 6.06. The molecule has 1 heterocycles. The number of piperidine rings is 1. The smallest absolute Gasteiger partial charge is 0.306 e. The molecule has 0 bridgehead atoms. The van der Waals surface area contributed by atoms with E-state index in [9.17, 15) is 9.90 Å². The minimum atomic E-state index is -0.585. The van der Waals surface area contributed by atoms with E-state index >= 15 is 0 Å². The fraction of sp³-hybridized carbons (Fsp3) is 0.917. The Labute approximate surface area is 92.5 Å². The van der Waals surface area contributed by atoms with Crippen molar-refractivity contribution >= 4 is 5.97 Å². The molecular weight excluding hydrogens is 190 g/mol. The Morgan fingerprint density at radius 3 is 2.53 bits per heavy atom. The van der Waals surface area contributed by atoms with Crippen molar-refractivity contribution in [2.24, 2.45) is 11.8 Å². The second-order valence-electron chi connectivity index (χ2n) is 4.73. The molecule has 3 heteroatoms. The van der Waals surface area contributed by atoms with E-state index in [-0.39, 0.29) is 5.92 Å². The van der Waals surface area contributed by atoms with Crippen LogP contribution in [0.15, 0.2) is 0 Å². The molecule has 1 N–H and O–H groups in total. The largest absolute Gasteiger partial charge is 0.481 e. The summed E-state index contributed by atoms with van der Waals surface area (Å²) in [4.78, 5) is 13.5. The predicted molar refractivity (Wildman–Crippen MR) is 60.9 cm³/mol. The number of rotatable bonds is 5. The number of hydrogen-bond acceptors (Lipinski definition) is 2. The van der Waals surface area contributed by atoms with Gasteiger partial charge in [-0.2, -0.15) is 0 Å². The first kappa shape index (κ1) is 12.5. The van der Waals surface area contributed by atoms with Crippen LogP contribution in [0.2, 0.25) is 0 Å². The van der Waals surface area contributed by atoms with Gasteiger partial charge in [0, 0.05) is 0 Å². The number of unbranched alkanes of at least 4 members (excludes halogenated alkanes) is 1. The van der Waals surface area contributed by atoms with Crippen molar-refractivity contribution in [3.63, 3.8) is 0 Å². The summed E-state index contributed by atoms with van der Waals surface area (Å²) in [7, 11) is 2.11. The summed E-state index contributed by atoms with van der Waals surface area (Å²) >= 11 is 0. The molecule has 1 rings (SSSR count). The SMILES string of the molecule is CCCCC(C(=O)O)C1CCN(C)CC1. The Balaban J connectivity index is 2.44. The summed E-state index contributed by atoms with van der Waals surface area (Å²) in [5, 5.41) is 9.20. The lowest BCUT2D eigenvalue weighted by atomic mass is 9.81. The van der Waals surface area contributed by atoms with Crippen LogP contribution in [0.4, 0.5) is 0 Å². The molecule has 1 fully saturated rings. The minimum Gasteiger partial charge on any atom is -0.481 e. The molecule has 1 atom stereocenters. The number of aliphatic carboxylic acids is 1. The zero-order chi connectivity index (χ0) is 11.3. The van der Waals surface area contributed by atoms with Gasteiger partial charge in [0.25, 0.3) is 0 Å². The Morgan fingerprint density at radius 2 is 2.07 bits per heavy atom. The molecule has 1 aliphatic rings. The third-order valence-corrected chi connectivity index (χ3v) is 3.52. The number of carboxylic acid groups (broad SMARTS) is 1. The van der Waals surface area contributed by atoms with Crippen LogP contribution in [0.3, 0.4) is 0 Å². The standard InChI is InChI=1S/C12H23NO2/c1-3-4-5-11(12(14)15)10-6-8-13(2)9-7-10/h10-11H,3-9H2,1-2H3,(H,14,15). The lowest BCUT2D eigenvalue weighted by Gasteiger charge is -2.32. The van der Waals surface area contributed by atoms with E-state index in [1.54, 1.807) is 0 Å². The topological polar surface area (TPSA) is 40.5 Å². The summed E-state index contributed by atoms with van der Waals surface area (Å²) < 4.78 is 0. The van der Waals surface area contributed by atoms with Gasteiger partial charge in [0.05, 0.1) is 5.92 Å². The fourth-order valence-electron chi connectivity index (χ4n) is 2.42. The van der Waals surface area contributed by atoms with Crippen LogP contribution < -0.4 is 0 Å². The molecule has 88 valence electrons. The second kappa shape index (κ2) is 6.11. The van der Waals surface area contributed by atoms with Gasteiger partial charge in [-0.3, -0.25) is 4.79 Å². The number of nitrogens with zero attached hydrogens (tertiary/aromatic N) is 1. The van der Waals surface area contributed by atoms with Crippen LogP contribution in [0.1, 0.15) is 39.0 Å². The summed E-state index contributed by atoms with van der Waals surface area (Å²) in [6, 6.07) is 0. The Hall–Kier alpha value is -0.570. The third kappa shape index (κ3) is 3.82. The molecule has 0 saturated carbocycles. The number of hydrogen-bond donors (Lipinski definition) is 1. The third-order valence-electron chi connectivity index (χ3n) is 3.52. The Kier molecular flexibility index (Phi) is 5.09. The molecule has 0 amide bonds. The lowest BCUT2D eigenvalue weighted by molar-refractivity contribution is -0.144. The van der Waals surface area contributed by atoms with Crippen molar-refractivity contribution in [3.05, 3.63) is 0 Å². The van der Waals surface area contributed by atoms with Gasteiger partial charge >= 0.3 is 5.97 Å². The molecule has 0 aromatic rings. The zero-order valence-electron chi connectivity index (χ0n) is 9.91. The fourth-order valence-corrected chi connectivity index (χ4v) is 2.42. The minimum absolute atomic E-state index is 0.0985. The molecule has 1 aliphatic heterocycles. The predicted octanol–water partition coefficient (Wildman–Crippen LogP) is 2.22. The Morgan fingerprint density at radius 1 is 1.47 bits per heavy atom. The summed E-state index contributed by atoms with van der Waals surface area (Å²) in [6.07, 6.45) is 5.11. The maximum atomic E-state index is 11.2.